The van der Waals surface area contributed by atoms with E-state index >= 15 is 0 Å². The van der Waals surface area contributed by atoms with E-state index in [1.165, 1.54) is 0 Å². The number of anilines is 1. The Bertz CT molecular complexity index is 691. The number of pyridine rings is 1. The molecule has 0 bridgehead atoms. The van der Waals surface area contributed by atoms with E-state index in [4.69, 9.17) is 10.6 Å². The molecule has 2 aromatic rings. The van der Waals surface area contributed by atoms with Crippen LogP contribution in [0.1, 0.15) is 17.3 Å². The Labute approximate surface area is 111 Å². The Morgan fingerprint density at radius 2 is 2.10 bits per heavy atom. The number of ether oxygens (including phenoxy) is 1. The maximum atomic E-state index is 13.6. The van der Waals surface area contributed by atoms with E-state index in [1.807, 2.05) is 0 Å². The minimum Gasteiger partial charge on any atom is -0.462 e. The van der Waals surface area contributed by atoms with Gasteiger partial charge in [0.25, 0.3) is 0 Å². The van der Waals surface area contributed by atoms with E-state index in [2.05, 4.69) is 10.4 Å². The van der Waals surface area contributed by atoms with Crippen LogP contribution >= 0.6 is 0 Å². The minimum atomic E-state index is -1.64. The summed E-state index contributed by atoms with van der Waals surface area (Å²) in [6.45, 7) is 1.70. The molecule has 0 spiro atoms. The number of nitrogens with zero attached hydrogens (tertiary/aromatic N) is 1. The summed E-state index contributed by atoms with van der Waals surface area (Å²) in [7, 11) is 0. The summed E-state index contributed by atoms with van der Waals surface area (Å²) in [4.78, 5) is 15.3. The second kappa shape index (κ2) is 5.33. The number of halogens is 3. The highest BCUT2D eigenvalue weighted by Gasteiger charge is 2.21. The zero-order valence-corrected chi connectivity index (χ0v) is 10.3. The number of nitrogens with one attached hydrogen (secondary N) is 1. The van der Waals surface area contributed by atoms with Gasteiger partial charge in [-0.2, -0.15) is 0 Å². The number of hydrogen-bond donors (Lipinski definition) is 2. The standard InChI is InChI=1S/C12H10F3N3O2/c1-2-20-12(19)6-4-17-11-5(10(6)18-16)3-7(13)8(14)9(11)15/h3-4H,2,16H2,1H3,(H,17,18). The van der Waals surface area contributed by atoms with E-state index in [-0.39, 0.29) is 23.2 Å². The summed E-state index contributed by atoms with van der Waals surface area (Å²) in [5, 5.41) is -0.158. The SMILES string of the molecule is CCOC(=O)c1cnc2c(F)c(F)c(F)cc2c1NN. The van der Waals surface area contributed by atoms with Crippen LogP contribution < -0.4 is 11.3 Å². The number of nitrogen functional groups attached to an aromatic ring is 1. The van der Waals surface area contributed by atoms with Gasteiger partial charge < -0.3 is 10.2 Å². The fourth-order valence-corrected chi connectivity index (χ4v) is 1.76. The molecular formula is C12H10F3N3O2. The van der Waals surface area contributed by atoms with Crippen molar-refractivity contribution in [1.29, 1.82) is 0 Å². The number of hydrazine groups is 1. The molecule has 0 saturated heterocycles. The number of benzene rings is 1. The monoisotopic (exact) mass is 285 g/mol. The topological polar surface area (TPSA) is 77.2 Å². The molecule has 1 aromatic heterocycles. The Morgan fingerprint density at radius 3 is 2.70 bits per heavy atom. The summed E-state index contributed by atoms with van der Waals surface area (Å²) >= 11 is 0. The molecular weight excluding hydrogens is 275 g/mol. The second-order valence-electron chi connectivity index (χ2n) is 3.79. The third-order valence-corrected chi connectivity index (χ3v) is 2.64. The molecule has 0 unspecified atom stereocenters. The number of aromatic nitrogens is 1. The molecule has 0 radical (unpaired) electrons. The lowest BCUT2D eigenvalue weighted by Gasteiger charge is -2.11. The van der Waals surface area contributed by atoms with E-state index in [9.17, 15) is 18.0 Å². The number of carbonyl (C=O) groups is 1. The van der Waals surface area contributed by atoms with Crippen molar-refractivity contribution in [2.24, 2.45) is 5.84 Å². The Morgan fingerprint density at radius 1 is 1.40 bits per heavy atom. The molecule has 8 heteroatoms. The van der Waals surface area contributed by atoms with Gasteiger partial charge in [0.2, 0.25) is 0 Å². The van der Waals surface area contributed by atoms with Crippen LogP contribution in [0.15, 0.2) is 12.3 Å². The molecule has 106 valence electrons. The molecule has 2 rings (SSSR count). The van der Waals surface area contributed by atoms with Gasteiger partial charge in [-0.05, 0) is 13.0 Å². The molecule has 1 heterocycles. The number of fused-ring (bicyclic) bond motifs is 1. The summed E-state index contributed by atoms with van der Waals surface area (Å²) in [5.41, 5.74) is 1.52. The van der Waals surface area contributed by atoms with Crippen molar-refractivity contribution in [2.45, 2.75) is 6.92 Å². The van der Waals surface area contributed by atoms with Crippen LogP contribution in [-0.4, -0.2) is 17.6 Å². The summed E-state index contributed by atoms with van der Waals surface area (Å²) < 4.78 is 44.8. The molecule has 0 atom stereocenters. The van der Waals surface area contributed by atoms with Crippen LogP contribution in [0.3, 0.4) is 0 Å². The molecule has 0 aliphatic carbocycles. The van der Waals surface area contributed by atoms with Crippen LogP contribution in [0.2, 0.25) is 0 Å². The largest absolute Gasteiger partial charge is 0.462 e. The van der Waals surface area contributed by atoms with Crippen molar-refractivity contribution in [3.8, 4) is 0 Å². The predicted molar refractivity (Wildman–Crippen MR) is 65.4 cm³/mol. The highest BCUT2D eigenvalue weighted by Crippen LogP contribution is 2.29. The smallest absolute Gasteiger partial charge is 0.341 e. The summed E-state index contributed by atoms with van der Waals surface area (Å²) in [6, 6.07) is 0.707. The summed E-state index contributed by atoms with van der Waals surface area (Å²) in [5.74, 6) is -0.00100. The van der Waals surface area contributed by atoms with E-state index < -0.39 is 28.9 Å². The van der Waals surface area contributed by atoms with Crippen LogP contribution in [0.5, 0.6) is 0 Å². The number of carbonyl (C=O) groups excluding carboxylic acids is 1. The van der Waals surface area contributed by atoms with Crippen LogP contribution in [0, 0.1) is 17.5 Å². The van der Waals surface area contributed by atoms with Gasteiger partial charge in [0.15, 0.2) is 17.5 Å². The third-order valence-electron chi connectivity index (χ3n) is 2.64. The lowest BCUT2D eigenvalue weighted by atomic mass is 10.1. The van der Waals surface area contributed by atoms with Crippen molar-refractivity contribution in [3.63, 3.8) is 0 Å². The van der Waals surface area contributed by atoms with E-state index in [0.29, 0.717) is 6.07 Å². The number of rotatable bonds is 3. The van der Waals surface area contributed by atoms with E-state index in [1.54, 1.807) is 6.92 Å². The third kappa shape index (κ3) is 2.14. The molecule has 3 N–H and O–H groups in total. The molecule has 0 fully saturated rings. The van der Waals surface area contributed by atoms with Gasteiger partial charge in [0, 0.05) is 11.6 Å². The zero-order chi connectivity index (χ0) is 14.9. The molecule has 0 aliphatic rings. The molecule has 5 nitrogen and oxygen atoms in total. The molecule has 0 saturated carbocycles. The van der Waals surface area contributed by atoms with Crippen molar-refractivity contribution < 1.29 is 22.7 Å². The van der Waals surface area contributed by atoms with Gasteiger partial charge in [-0.15, -0.1) is 0 Å². The molecule has 1 aromatic carbocycles. The van der Waals surface area contributed by atoms with Crippen LogP contribution in [0.4, 0.5) is 18.9 Å². The van der Waals surface area contributed by atoms with Gasteiger partial charge in [0.1, 0.15) is 11.1 Å². The van der Waals surface area contributed by atoms with Crippen molar-refractivity contribution >= 4 is 22.6 Å². The molecule has 20 heavy (non-hydrogen) atoms. The van der Waals surface area contributed by atoms with Crippen molar-refractivity contribution in [3.05, 3.63) is 35.3 Å². The fraction of sp³-hybridized carbons (Fsp3) is 0.167. The van der Waals surface area contributed by atoms with Crippen LogP contribution in [0.25, 0.3) is 10.9 Å². The average Bonchev–Trinajstić information content (AvgIpc) is 2.44. The Kier molecular flexibility index (Phi) is 3.75. The van der Waals surface area contributed by atoms with Gasteiger partial charge in [-0.1, -0.05) is 0 Å². The van der Waals surface area contributed by atoms with Crippen molar-refractivity contribution in [1.82, 2.24) is 4.98 Å². The molecule has 0 aliphatic heterocycles. The van der Waals surface area contributed by atoms with Crippen LogP contribution in [-0.2, 0) is 4.74 Å². The zero-order valence-electron chi connectivity index (χ0n) is 10.3. The Balaban J connectivity index is 2.77. The maximum absolute atomic E-state index is 13.6. The van der Waals surface area contributed by atoms with Crippen molar-refractivity contribution in [2.75, 3.05) is 12.0 Å². The molecule has 0 amide bonds. The first-order valence-corrected chi connectivity index (χ1v) is 5.61. The van der Waals surface area contributed by atoms with Gasteiger partial charge >= 0.3 is 5.97 Å². The fourth-order valence-electron chi connectivity index (χ4n) is 1.76. The van der Waals surface area contributed by atoms with Gasteiger partial charge in [0.05, 0.1) is 12.3 Å². The number of hydrogen-bond acceptors (Lipinski definition) is 5. The normalized spacial score (nSPS) is 10.7. The van der Waals surface area contributed by atoms with Gasteiger partial charge in [-0.3, -0.25) is 10.8 Å². The van der Waals surface area contributed by atoms with Gasteiger partial charge in [-0.25, -0.2) is 18.0 Å². The first-order chi connectivity index (χ1) is 9.51. The minimum absolute atomic E-state index is 0.0914. The lowest BCUT2D eigenvalue weighted by Crippen LogP contribution is -2.15. The quantitative estimate of drug-likeness (QED) is 0.391. The number of esters is 1. The first kappa shape index (κ1) is 14.1. The lowest BCUT2D eigenvalue weighted by molar-refractivity contribution is 0.0527. The second-order valence-corrected chi connectivity index (χ2v) is 3.79. The predicted octanol–water partition coefficient (Wildman–Crippen LogP) is 2.11. The highest BCUT2D eigenvalue weighted by molar-refractivity contribution is 6.04. The first-order valence-electron chi connectivity index (χ1n) is 5.61. The average molecular weight is 285 g/mol. The number of nitrogens with two attached hydrogens (primary N) is 1. The maximum Gasteiger partial charge on any atom is 0.341 e. The van der Waals surface area contributed by atoms with E-state index in [0.717, 1.165) is 6.20 Å². The highest BCUT2D eigenvalue weighted by atomic mass is 19.2. The Hall–Kier alpha value is -2.35. The summed E-state index contributed by atoms with van der Waals surface area (Å²) in [6.07, 6.45) is 0.982.